The van der Waals surface area contributed by atoms with Crippen LogP contribution in [0.25, 0.3) is 11.3 Å². The molecule has 3 aliphatic carbocycles. The summed E-state index contributed by atoms with van der Waals surface area (Å²) < 4.78 is 11.3. The van der Waals surface area contributed by atoms with Crippen molar-refractivity contribution in [2.45, 2.75) is 69.9 Å². The molecule has 248 valence electrons. The van der Waals surface area contributed by atoms with Crippen LogP contribution in [0.2, 0.25) is 0 Å². The molecule has 4 heterocycles. The summed E-state index contributed by atoms with van der Waals surface area (Å²) in [5, 5.41) is 18.9. The molecule has 10 heteroatoms. The third-order valence-corrected chi connectivity index (χ3v) is 12.2. The Kier molecular flexibility index (Phi) is 7.94. The zero-order chi connectivity index (χ0) is 32.1. The molecule has 3 saturated carbocycles. The van der Waals surface area contributed by atoms with Crippen LogP contribution < -0.4 is 15.4 Å². The lowest BCUT2D eigenvalue weighted by atomic mass is 9.36. The number of nitrogens with zero attached hydrogens (tertiary/aromatic N) is 5. The Morgan fingerprint density at radius 1 is 1.00 bits per heavy atom. The fourth-order valence-electron chi connectivity index (χ4n) is 10.0. The number of ether oxygens (including phenoxy) is 2. The number of rotatable bonds is 8. The molecule has 10 nitrogen and oxygen atoms in total. The molecule has 3 N–H and O–H groups in total. The topological polar surface area (TPSA) is 127 Å². The van der Waals surface area contributed by atoms with Gasteiger partial charge in [0.2, 0.25) is 5.88 Å². The Morgan fingerprint density at radius 2 is 1.74 bits per heavy atom. The van der Waals surface area contributed by atoms with Crippen LogP contribution in [0.1, 0.15) is 56.9 Å². The Labute approximate surface area is 276 Å². The molecule has 47 heavy (non-hydrogen) atoms. The molecular weight excluding hydrogens is 592 g/mol. The van der Waals surface area contributed by atoms with Crippen LogP contribution >= 0.6 is 0 Å². The van der Waals surface area contributed by atoms with Crippen molar-refractivity contribution in [2.24, 2.45) is 29.1 Å². The number of benzene rings is 1. The number of para-hydroxylation sites is 1. The lowest BCUT2D eigenvalue weighted by Crippen LogP contribution is -2.69. The summed E-state index contributed by atoms with van der Waals surface area (Å²) in [5.74, 6) is 3.49. The van der Waals surface area contributed by atoms with Crippen molar-refractivity contribution in [3.05, 3.63) is 54.2 Å². The molecular formula is C37H46N6O4. The van der Waals surface area contributed by atoms with E-state index < -0.39 is 0 Å². The highest BCUT2D eigenvalue weighted by molar-refractivity contribution is 5.74. The number of carbonyl (C=O) groups is 1. The molecule has 0 amide bonds. The molecule has 2 unspecified atom stereocenters. The predicted molar refractivity (Wildman–Crippen MR) is 179 cm³/mol. The van der Waals surface area contributed by atoms with E-state index in [9.17, 15) is 9.90 Å². The fourth-order valence-corrected chi connectivity index (χ4v) is 10.0. The minimum absolute atomic E-state index is 0.0460. The number of phenolic OH excluding ortho intramolecular Hbond substituents is 1. The number of methoxy groups -OCH3 is 1. The zero-order valence-electron chi connectivity index (χ0n) is 27.3. The Balaban J connectivity index is 0.820. The molecule has 0 spiro atoms. The SMILES string of the molecule is COC(=O)[C@H]1CC[C@H](N2CCC(Oc3ccc(CC45CC6CN(c7cc(-c8ccccc8O)nnc7N)CC(C4)C65)cn3)CC2)CC1. The maximum Gasteiger partial charge on any atom is 0.308 e. The van der Waals surface area contributed by atoms with Crippen LogP contribution in [0.15, 0.2) is 48.7 Å². The second kappa shape index (κ2) is 12.3. The Bertz CT molecular complexity index is 1580. The standard InChI is InChI=1S/C37H46N6O4/c1-46-36(45)24-7-9-27(10-8-24)42-14-12-28(13-15-42)47-33-11-6-23(20-39-33)17-37-18-25-21-43(22-26(19-37)34(25)37)31-16-30(40-41-35(31)38)29-4-2-3-5-32(29)44/h2-6,11,16,20,24-28,34,44H,7-10,12-15,17-19,21-22H2,1H3,(H2,38,41)/t24-,25?,26?,27-,34?,37?. The van der Waals surface area contributed by atoms with Crippen molar-refractivity contribution in [3.63, 3.8) is 0 Å². The lowest BCUT2D eigenvalue weighted by molar-refractivity contribution is -0.191. The van der Waals surface area contributed by atoms with Gasteiger partial charge in [0.05, 0.1) is 24.4 Å². The van der Waals surface area contributed by atoms with Gasteiger partial charge in [0.15, 0.2) is 5.82 Å². The molecule has 0 radical (unpaired) electrons. The minimum Gasteiger partial charge on any atom is -0.507 e. The van der Waals surface area contributed by atoms with Crippen molar-refractivity contribution in [2.75, 3.05) is 43.9 Å². The fraction of sp³-hybridized carbons (Fsp3) is 0.568. The van der Waals surface area contributed by atoms with Crippen LogP contribution in [0, 0.1) is 29.1 Å². The van der Waals surface area contributed by atoms with Gasteiger partial charge in [-0.1, -0.05) is 18.2 Å². The highest BCUT2D eigenvalue weighted by Gasteiger charge is 2.66. The first-order valence-electron chi connectivity index (χ1n) is 17.5. The number of phenols is 1. The third-order valence-electron chi connectivity index (χ3n) is 12.2. The maximum atomic E-state index is 11.9. The van der Waals surface area contributed by atoms with E-state index in [0.717, 1.165) is 88.6 Å². The number of piperidine rings is 2. The van der Waals surface area contributed by atoms with E-state index in [-0.39, 0.29) is 23.7 Å². The van der Waals surface area contributed by atoms with Crippen LogP contribution in [-0.4, -0.2) is 76.6 Å². The van der Waals surface area contributed by atoms with Gasteiger partial charge in [-0.05, 0) is 105 Å². The number of likely N-dealkylation sites (tertiary alicyclic amines) is 1. The number of aromatic hydroxyl groups is 1. The van der Waals surface area contributed by atoms with E-state index in [1.807, 2.05) is 24.4 Å². The molecule has 5 aliphatic rings. The van der Waals surface area contributed by atoms with Gasteiger partial charge in [-0.15, -0.1) is 10.2 Å². The summed E-state index contributed by atoms with van der Waals surface area (Å²) in [6.45, 7) is 4.05. The number of anilines is 2. The molecule has 8 rings (SSSR count). The van der Waals surface area contributed by atoms with E-state index >= 15 is 0 Å². The molecule has 2 aromatic heterocycles. The van der Waals surface area contributed by atoms with Crippen LogP contribution in [0.4, 0.5) is 11.5 Å². The van der Waals surface area contributed by atoms with Crippen LogP contribution in [-0.2, 0) is 16.0 Å². The van der Waals surface area contributed by atoms with Gasteiger partial charge in [0.25, 0.3) is 0 Å². The highest BCUT2D eigenvalue weighted by Crippen LogP contribution is 2.70. The van der Waals surface area contributed by atoms with Crippen molar-refractivity contribution < 1.29 is 19.4 Å². The molecule has 0 bridgehead atoms. The highest BCUT2D eigenvalue weighted by atomic mass is 16.5. The number of nitrogen functional groups attached to an aromatic ring is 1. The monoisotopic (exact) mass is 638 g/mol. The summed E-state index contributed by atoms with van der Waals surface area (Å²) in [6.07, 6.45) is 11.9. The van der Waals surface area contributed by atoms with E-state index in [0.29, 0.717) is 40.4 Å². The van der Waals surface area contributed by atoms with Gasteiger partial charge in [-0.2, -0.15) is 0 Å². The molecule has 5 fully saturated rings. The summed E-state index contributed by atoms with van der Waals surface area (Å²) in [4.78, 5) is 21.6. The largest absolute Gasteiger partial charge is 0.507 e. The first-order chi connectivity index (χ1) is 22.9. The van der Waals surface area contributed by atoms with Gasteiger partial charge in [0.1, 0.15) is 11.9 Å². The number of hydrogen-bond acceptors (Lipinski definition) is 10. The quantitative estimate of drug-likeness (QED) is 0.322. The van der Waals surface area contributed by atoms with E-state index in [1.165, 1.54) is 25.5 Å². The van der Waals surface area contributed by atoms with Gasteiger partial charge in [0, 0.05) is 50.0 Å². The summed E-state index contributed by atoms with van der Waals surface area (Å²) in [6, 6.07) is 14.1. The first-order valence-corrected chi connectivity index (χ1v) is 17.5. The number of esters is 1. The predicted octanol–water partition coefficient (Wildman–Crippen LogP) is 5.11. The van der Waals surface area contributed by atoms with Crippen molar-refractivity contribution in [1.29, 1.82) is 0 Å². The van der Waals surface area contributed by atoms with E-state index in [2.05, 4.69) is 32.1 Å². The van der Waals surface area contributed by atoms with Crippen molar-refractivity contribution in [3.8, 4) is 22.9 Å². The van der Waals surface area contributed by atoms with Crippen molar-refractivity contribution in [1.82, 2.24) is 20.1 Å². The van der Waals surface area contributed by atoms with Crippen LogP contribution in [0.5, 0.6) is 11.6 Å². The molecule has 1 aromatic carbocycles. The van der Waals surface area contributed by atoms with Gasteiger partial charge in [-0.25, -0.2) is 4.98 Å². The Morgan fingerprint density at radius 3 is 2.43 bits per heavy atom. The molecule has 2 saturated heterocycles. The van der Waals surface area contributed by atoms with Gasteiger partial charge >= 0.3 is 5.97 Å². The number of carbonyl (C=O) groups excluding carboxylic acids is 1. The smallest absolute Gasteiger partial charge is 0.308 e. The number of pyridine rings is 1. The number of aromatic nitrogens is 3. The first kappa shape index (κ1) is 30.4. The van der Waals surface area contributed by atoms with Crippen molar-refractivity contribution >= 4 is 17.5 Å². The van der Waals surface area contributed by atoms with Crippen LogP contribution in [0.3, 0.4) is 0 Å². The average Bonchev–Trinajstić information content (AvgIpc) is 3.08. The van der Waals surface area contributed by atoms with Gasteiger partial charge < -0.3 is 30.1 Å². The third kappa shape index (κ3) is 5.68. The summed E-state index contributed by atoms with van der Waals surface area (Å²) >= 11 is 0. The normalized spacial score (nSPS) is 30.5. The molecule has 2 aliphatic heterocycles. The van der Waals surface area contributed by atoms with E-state index in [4.69, 9.17) is 20.2 Å². The minimum atomic E-state index is -0.0460. The van der Waals surface area contributed by atoms with E-state index in [1.54, 1.807) is 12.1 Å². The summed E-state index contributed by atoms with van der Waals surface area (Å²) in [7, 11) is 1.49. The summed E-state index contributed by atoms with van der Waals surface area (Å²) in [5.41, 5.74) is 10.3. The maximum absolute atomic E-state index is 11.9. The Hall–Kier alpha value is -3.92. The van der Waals surface area contributed by atoms with Gasteiger partial charge in [-0.3, -0.25) is 4.79 Å². The second-order valence-electron chi connectivity index (χ2n) is 14.8. The lowest BCUT2D eigenvalue weighted by Gasteiger charge is -2.72. The second-order valence-corrected chi connectivity index (χ2v) is 14.8. The zero-order valence-corrected chi connectivity index (χ0v) is 27.3. The average molecular weight is 639 g/mol. The molecule has 3 aromatic rings. The molecule has 2 atom stereocenters. The number of nitrogens with two attached hydrogens (primary N) is 1. The number of hydrogen-bond donors (Lipinski definition) is 2.